The van der Waals surface area contributed by atoms with Crippen LogP contribution in [-0.2, 0) is 11.3 Å². The molecule has 104 valence electrons. The third-order valence-corrected chi connectivity index (χ3v) is 2.19. The SMILES string of the molecule is CN(C)c1nc(N)nc(COC(=O)c2cnccn2)n1. The van der Waals surface area contributed by atoms with E-state index in [2.05, 4.69) is 24.9 Å². The maximum atomic E-state index is 11.7. The van der Waals surface area contributed by atoms with E-state index in [1.165, 1.54) is 18.6 Å². The number of ether oxygens (including phenoxy) is 1. The predicted octanol–water partition coefficient (Wildman–Crippen LogP) is -0.333. The van der Waals surface area contributed by atoms with Gasteiger partial charge in [-0.05, 0) is 0 Å². The van der Waals surface area contributed by atoms with Gasteiger partial charge in [-0.2, -0.15) is 15.0 Å². The van der Waals surface area contributed by atoms with Gasteiger partial charge >= 0.3 is 5.97 Å². The zero-order chi connectivity index (χ0) is 14.5. The normalized spacial score (nSPS) is 10.1. The van der Waals surface area contributed by atoms with Crippen molar-refractivity contribution in [1.29, 1.82) is 0 Å². The Bertz CT molecular complexity index is 603. The first kappa shape index (κ1) is 13.6. The molecule has 0 aliphatic carbocycles. The van der Waals surface area contributed by atoms with Crippen LogP contribution in [0.3, 0.4) is 0 Å². The lowest BCUT2D eigenvalue weighted by Crippen LogP contribution is -2.17. The van der Waals surface area contributed by atoms with E-state index in [-0.39, 0.29) is 24.1 Å². The van der Waals surface area contributed by atoms with Crippen LogP contribution in [0.4, 0.5) is 11.9 Å². The second kappa shape index (κ2) is 5.87. The fourth-order valence-corrected chi connectivity index (χ4v) is 1.30. The molecular formula is C11H13N7O2. The van der Waals surface area contributed by atoms with Crippen molar-refractivity contribution in [3.63, 3.8) is 0 Å². The number of nitrogens with two attached hydrogens (primary N) is 1. The molecule has 0 unspecified atom stereocenters. The molecule has 0 amide bonds. The molecule has 0 radical (unpaired) electrons. The van der Waals surface area contributed by atoms with Crippen LogP contribution in [-0.4, -0.2) is 45.0 Å². The van der Waals surface area contributed by atoms with E-state index in [1.54, 1.807) is 19.0 Å². The summed E-state index contributed by atoms with van der Waals surface area (Å²) >= 11 is 0. The molecular weight excluding hydrogens is 262 g/mol. The van der Waals surface area contributed by atoms with Gasteiger partial charge in [-0.3, -0.25) is 4.98 Å². The summed E-state index contributed by atoms with van der Waals surface area (Å²) in [5.41, 5.74) is 5.68. The standard InChI is InChI=1S/C11H13N7O2/c1-18(2)11-16-8(15-10(12)17-11)6-20-9(19)7-5-13-3-4-14-7/h3-5H,6H2,1-2H3,(H2,12,15,16,17). The summed E-state index contributed by atoms with van der Waals surface area (Å²) in [6.07, 6.45) is 4.18. The molecule has 9 nitrogen and oxygen atoms in total. The van der Waals surface area contributed by atoms with E-state index in [0.29, 0.717) is 5.95 Å². The highest BCUT2D eigenvalue weighted by molar-refractivity contribution is 5.86. The average Bonchev–Trinajstić information content (AvgIpc) is 2.45. The van der Waals surface area contributed by atoms with E-state index in [4.69, 9.17) is 10.5 Å². The van der Waals surface area contributed by atoms with Crippen molar-refractivity contribution in [3.05, 3.63) is 30.1 Å². The molecule has 2 aromatic rings. The molecule has 20 heavy (non-hydrogen) atoms. The number of nitrogen functional groups attached to an aromatic ring is 1. The Morgan fingerprint density at radius 3 is 2.75 bits per heavy atom. The number of hydrogen-bond acceptors (Lipinski definition) is 9. The van der Waals surface area contributed by atoms with Crippen molar-refractivity contribution in [2.75, 3.05) is 24.7 Å². The van der Waals surface area contributed by atoms with Crippen molar-refractivity contribution >= 4 is 17.9 Å². The van der Waals surface area contributed by atoms with Crippen LogP contribution in [0.5, 0.6) is 0 Å². The maximum absolute atomic E-state index is 11.7. The summed E-state index contributed by atoms with van der Waals surface area (Å²) in [6.45, 7) is -0.122. The average molecular weight is 275 g/mol. The van der Waals surface area contributed by atoms with Gasteiger partial charge in [0.15, 0.2) is 18.1 Å². The van der Waals surface area contributed by atoms with E-state index in [0.717, 1.165) is 0 Å². The van der Waals surface area contributed by atoms with Crippen molar-refractivity contribution in [2.45, 2.75) is 6.61 Å². The maximum Gasteiger partial charge on any atom is 0.358 e. The lowest BCUT2D eigenvalue weighted by molar-refractivity contribution is 0.0454. The number of aromatic nitrogens is 5. The summed E-state index contributed by atoms with van der Waals surface area (Å²) in [5, 5.41) is 0. The minimum Gasteiger partial charge on any atom is -0.453 e. The third-order valence-electron chi connectivity index (χ3n) is 2.19. The highest BCUT2D eigenvalue weighted by Crippen LogP contribution is 2.07. The van der Waals surface area contributed by atoms with Crippen LogP contribution < -0.4 is 10.6 Å². The lowest BCUT2D eigenvalue weighted by atomic mass is 10.4. The number of hydrogen-bond donors (Lipinski definition) is 1. The Balaban J connectivity index is 2.06. The van der Waals surface area contributed by atoms with Crippen LogP contribution in [0.15, 0.2) is 18.6 Å². The lowest BCUT2D eigenvalue weighted by Gasteiger charge is -2.11. The molecule has 2 rings (SSSR count). The molecule has 0 fully saturated rings. The molecule has 2 N–H and O–H groups in total. The fourth-order valence-electron chi connectivity index (χ4n) is 1.30. The Hall–Kier alpha value is -2.84. The number of rotatable bonds is 4. The van der Waals surface area contributed by atoms with Gasteiger partial charge in [-0.1, -0.05) is 0 Å². The first-order chi connectivity index (χ1) is 9.56. The van der Waals surface area contributed by atoms with E-state index in [9.17, 15) is 4.79 Å². The molecule has 0 atom stereocenters. The predicted molar refractivity (Wildman–Crippen MR) is 69.7 cm³/mol. The number of nitrogens with zero attached hydrogens (tertiary/aromatic N) is 6. The number of carbonyl (C=O) groups is 1. The number of anilines is 2. The van der Waals surface area contributed by atoms with E-state index in [1.807, 2.05) is 0 Å². The van der Waals surface area contributed by atoms with Gasteiger partial charge in [-0.25, -0.2) is 9.78 Å². The van der Waals surface area contributed by atoms with Crippen LogP contribution in [0.2, 0.25) is 0 Å². The number of esters is 1. The van der Waals surface area contributed by atoms with Gasteiger partial charge in [0.25, 0.3) is 0 Å². The third kappa shape index (κ3) is 3.34. The fraction of sp³-hybridized carbons (Fsp3) is 0.273. The van der Waals surface area contributed by atoms with Crippen molar-refractivity contribution in [2.24, 2.45) is 0 Å². The largest absolute Gasteiger partial charge is 0.453 e. The Morgan fingerprint density at radius 1 is 1.30 bits per heavy atom. The first-order valence-corrected chi connectivity index (χ1v) is 5.67. The van der Waals surface area contributed by atoms with Gasteiger partial charge in [0, 0.05) is 26.5 Å². The number of carbonyl (C=O) groups excluding carboxylic acids is 1. The monoisotopic (exact) mass is 275 g/mol. The zero-order valence-corrected chi connectivity index (χ0v) is 11.0. The summed E-state index contributed by atoms with van der Waals surface area (Å²) in [4.78, 5) is 32.9. The first-order valence-electron chi connectivity index (χ1n) is 5.67. The van der Waals surface area contributed by atoms with Gasteiger partial charge in [0.05, 0.1) is 6.20 Å². The topological polar surface area (TPSA) is 120 Å². The smallest absolute Gasteiger partial charge is 0.358 e. The molecule has 0 aromatic carbocycles. The highest BCUT2D eigenvalue weighted by Gasteiger charge is 2.11. The second-order valence-electron chi connectivity index (χ2n) is 3.97. The quantitative estimate of drug-likeness (QED) is 0.747. The Morgan fingerprint density at radius 2 is 2.10 bits per heavy atom. The van der Waals surface area contributed by atoms with Gasteiger partial charge < -0.3 is 15.4 Å². The molecule has 2 heterocycles. The molecule has 9 heteroatoms. The minimum atomic E-state index is -0.608. The molecule has 0 aliphatic heterocycles. The highest BCUT2D eigenvalue weighted by atomic mass is 16.5. The van der Waals surface area contributed by atoms with Crippen LogP contribution in [0.1, 0.15) is 16.3 Å². The summed E-state index contributed by atoms with van der Waals surface area (Å²) in [7, 11) is 3.54. The van der Waals surface area contributed by atoms with Crippen LogP contribution in [0, 0.1) is 0 Å². The van der Waals surface area contributed by atoms with Crippen molar-refractivity contribution < 1.29 is 9.53 Å². The molecule has 0 spiro atoms. The van der Waals surface area contributed by atoms with Crippen LogP contribution in [0.25, 0.3) is 0 Å². The molecule has 2 aromatic heterocycles. The van der Waals surface area contributed by atoms with Gasteiger partial charge in [-0.15, -0.1) is 0 Å². The summed E-state index contributed by atoms with van der Waals surface area (Å²) in [5.74, 6) is 0.110. The summed E-state index contributed by atoms with van der Waals surface area (Å²) in [6, 6.07) is 0. The van der Waals surface area contributed by atoms with Crippen molar-refractivity contribution in [3.8, 4) is 0 Å². The minimum absolute atomic E-state index is 0.0641. The molecule has 0 bridgehead atoms. The second-order valence-corrected chi connectivity index (χ2v) is 3.97. The molecule has 0 aliphatic rings. The van der Waals surface area contributed by atoms with E-state index < -0.39 is 5.97 Å². The van der Waals surface area contributed by atoms with E-state index >= 15 is 0 Å². The van der Waals surface area contributed by atoms with Crippen LogP contribution >= 0.6 is 0 Å². The van der Waals surface area contributed by atoms with Gasteiger partial charge in [0.2, 0.25) is 11.9 Å². The summed E-state index contributed by atoms with van der Waals surface area (Å²) < 4.78 is 5.04. The van der Waals surface area contributed by atoms with Crippen molar-refractivity contribution in [1.82, 2.24) is 24.9 Å². The van der Waals surface area contributed by atoms with Gasteiger partial charge in [0.1, 0.15) is 0 Å². The molecule has 0 saturated heterocycles. The zero-order valence-electron chi connectivity index (χ0n) is 11.0. The Kier molecular flexibility index (Phi) is 3.99. The molecule has 0 saturated carbocycles. The Labute approximate surface area is 114 Å².